The summed E-state index contributed by atoms with van der Waals surface area (Å²) in [6.45, 7) is 1.83. The van der Waals surface area contributed by atoms with E-state index >= 15 is 0 Å². The van der Waals surface area contributed by atoms with E-state index in [2.05, 4.69) is 4.98 Å². The van der Waals surface area contributed by atoms with Gasteiger partial charge in [-0.15, -0.1) is 0 Å². The van der Waals surface area contributed by atoms with Gasteiger partial charge in [0, 0.05) is 6.92 Å². The molecule has 1 aliphatic rings. The Morgan fingerprint density at radius 1 is 1.70 bits per heavy atom. The Kier molecular flexibility index (Phi) is 0.951. The Balaban J connectivity index is 2.34. The molecule has 0 saturated heterocycles. The highest BCUT2D eigenvalue weighted by Gasteiger charge is 2.43. The van der Waals surface area contributed by atoms with E-state index in [1.165, 1.54) is 0 Å². The van der Waals surface area contributed by atoms with Crippen LogP contribution in [0.15, 0.2) is 10.6 Å². The van der Waals surface area contributed by atoms with Gasteiger partial charge in [0.1, 0.15) is 5.76 Å². The Morgan fingerprint density at radius 3 is 2.80 bits per heavy atom. The van der Waals surface area contributed by atoms with Crippen molar-refractivity contribution in [2.75, 3.05) is 0 Å². The van der Waals surface area contributed by atoms with Gasteiger partial charge in [0.15, 0.2) is 5.89 Å². The maximum Gasteiger partial charge on any atom is 0.191 e. The average Bonchev–Trinajstić information content (AvgIpc) is 2.45. The Morgan fingerprint density at radius 2 is 2.40 bits per heavy atom. The summed E-state index contributed by atoms with van der Waals surface area (Å²) < 4.78 is 5.27. The zero-order valence-corrected chi connectivity index (χ0v) is 5.92. The van der Waals surface area contributed by atoms with Gasteiger partial charge >= 0.3 is 0 Å². The number of rotatable bonds is 1. The van der Waals surface area contributed by atoms with Crippen LogP contribution in [-0.2, 0) is 5.54 Å². The van der Waals surface area contributed by atoms with Crippen LogP contribution in [0, 0.1) is 6.92 Å². The molecule has 0 spiro atoms. The van der Waals surface area contributed by atoms with Gasteiger partial charge in [-0.2, -0.15) is 0 Å². The van der Waals surface area contributed by atoms with E-state index in [4.69, 9.17) is 10.2 Å². The second kappa shape index (κ2) is 1.61. The van der Waals surface area contributed by atoms with E-state index in [0.717, 1.165) is 18.6 Å². The number of aryl methyl sites for hydroxylation is 1. The second-order valence-electron chi connectivity index (χ2n) is 2.90. The molecule has 1 aromatic heterocycles. The molecule has 1 fully saturated rings. The number of oxazole rings is 1. The monoisotopic (exact) mass is 138 g/mol. The van der Waals surface area contributed by atoms with Crippen LogP contribution in [0.3, 0.4) is 0 Å². The van der Waals surface area contributed by atoms with E-state index < -0.39 is 0 Å². The molecule has 1 aliphatic carbocycles. The lowest BCUT2D eigenvalue weighted by molar-refractivity contribution is 0.432. The first-order chi connectivity index (χ1) is 4.71. The SMILES string of the molecule is Cc1ncc(C2(N)CC2)o1. The van der Waals surface area contributed by atoms with Crippen molar-refractivity contribution in [1.29, 1.82) is 0 Å². The highest BCUT2D eigenvalue weighted by Crippen LogP contribution is 2.42. The molecule has 1 aromatic rings. The molecule has 0 aromatic carbocycles. The van der Waals surface area contributed by atoms with Crippen molar-refractivity contribution in [3.8, 4) is 0 Å². The van der Waals surface area contributed by atoms with Gasteiger partial charge in [0.25, 0.3) is 0 Å². The molecule has 0 unspecified atom stereocenters. The zero-order valence-electron chi connectivity index (χ0n) is 5.92. The summed E-state index contributed by atoms with van der Waals surface area (Å²) in [7, 11) is 0. The molecular weight excluding hydrogens is 128 g/mol. The quantitative estimate of drug-likeness (QED) is 0.628. The molecule has 2 N–H and O–H groups in total. The third-order valence-corrected chi connectivity index (χ3v) is 1.90. The average molecular weight is 138 g/mol. The van der Waals surface area contributed by atoms with E-state index in [1.54, 1.807) is 6.20 Å². The molecule has 0 radical (unpaired) electrons. The van der Waals surface area contributed by atoms with Crippen LogP contribution < -0.4 is 5.73 Å². The fourth-order valence-electron chi connectivity index (χ4n) is 0.973. The Labute approximate surface area is 59.2 Å². The van der Waals surface area contributed by atoms with Crippen molar-refractivity contribution in [2.45, 2.75) is 25.3 Å². The predicted octanol–water partition coefficient (Wildman–Crippen LogP) is 0.931. The molecule has 0 bridgehead atoms. The van der Waals surface area contributed by atoms with Crippen molar-refractivity contribution in [3.63, 3.8) is 0 Å². The summed E-state index contributed by atoms with van der Waals surface area (Å²) in [6, 6.07) is 0. The minimum atomic E-state index is -0.165. The molecule has 54 valence electrons. The summed E-state index contributed by atoms with van der Waals surface area (Å²) in [6.07, 6.45) is 3.78. The van der Waals surface area contributed by atoms with Crippen LogP contribution in [0.2, 0.25) is 0 Å². The van der Waals surface area contributed by atoms with Gasteiger partial charge in [-0.25, -0.2) is 4.98 Å². The summed E-state index contributed by atoms with van der Waals surface area (Å²) in [5.74, 6) is 1.54. The lowest BCUT2D eigenvalue weighted by Gasteiger charge is -2.00. The molecule has 0 atom stereocenters. The van der Waals surface area contributed by atoms with Gasteiger partial charge in [0.2, 0.25) is 0 Å². The van der Waals surface area contributed by atoms with Crippen LogP contribution in [0.25, 0.3) is 0 Å². The minimum absolute atomic E-state index is 0.165. The van der Waals surface area contributed by atoms with Gasteiger partial charge in [-0.05, 0) is 12.8 Å². The lowest BCUT2D eigenvalue weighted by Crippen LogP contribution is -2.17. The van der Waals surface area contributed by atoms with Gasteiger partial charge in [-0.1, -0.05) is 0 Å². The molecule has 1 heterocycles. The summed E-state index contributed by atoms with van der Waals surface area (Å²) >= 11 is 0. The Bertz CT molecular complexity index is 250. The lowest BCUT2D eigenvalue weighted by atomic mass is 10.2. The minimum Gasteiger partial charge on any atom is -0.444 e. The standard InChI is InChI=1S/C7H10N2O/c1-5-9-4-6(10-5)7(8)2-3-7/h4H,2-3,8H2,1H3. The number of nitrogens with zero attached hydrogens (tertiary/aromatic N) is 1. The number of hydrogen-bond acceptors (Lipinski definition) is 3. The number of hydrogen-bond donors (Lipinski definition) is 1. The highest BCUT2D eigenvalue weighted by molar-refractivity contribution is 5.16. The van der Waals surface area contributed by atoms with E-state index in [1.807, 2.05) is 6.92 Å². The molecule has 3 heteroatoms. The van der Waals surface area contributed by atoms with Crippen molar-refractivity contribution >= 4 is 0 Å². The Hall–Kier alpha value is -0.830. The summed E-state index contributed by atoms with van der Waals surface area (Å²) in [4.78, 5) is 3.98. The fourth-order valence-corrected chi connectivity index (χ4v) is 0.973. The third-order valence-electron chi connectivity index (χ3n) is 1.90. The van der Waals surface area contributed by atoms with E-state index in [0.29, 0.717) is 5.89 Å². The van der Waals surface area contributed by atoms with Crippen LogP contribution in [0.5, 0.6) is 0 Å². The van der Waals surface area contributed by atoms with Crippen LogP contribution in [0.1, 0.15) is 24.5 Å². The van der Waals surface area contributed by atoms with Crippen molar-refractivity contribution in [2.24, 2.45) is 5.73 Å². The normalized spacial score (nSPS) is 21.0. The van der Waals surface area contributed by atoms with Gasteiger partial charge < -0.3 is 10.2 Å². The number of nitrogens with two attached hydrogens (primary N) is 1. The first kappa shape index (κ1) is 5.92. The van der Waals surface area contributed by atoms with Crippen molar-refractivity contribution < 1.29 is 4.42 Å². The van der Waals surface area contributed by atoms with Crippen LogP contribution in [-0.4, -0.2) is 4.98 Å². The van der Waals surface area contributed by atoms with Crippen molar-refractivity contribution in [1.82, 2.24) is 4.98 Å². The molecule has 3 nitrogen and oxygen atoms in total. The first-order valence-corrected chi connectivity index (χ1v) is 3.42. The fraction of sp³-hybridized carbons (Fsp3) is 0.571. The van der Waals surface area contributed by atoms with E-state index in [9.17, 15) is 0 Å². The van der Waals surface area contributed by atoms with Gasteiger partial charge in [0.05, 0.1) is 11.7 Å². The van der Waals surface area contributed by atoms with E-state index in [-0.39, 0.29) is 5.54 Å². The summed E-state index contributed by atoms with van der Waals surface area (Å²) in [5, 5.41) is 0. The van der Waals surface area contributed by atoms with Crippen molar-refractivity contribution in [3.05, 3.63) is 17.8 Å². The topological polar surface area (TPSA) is 52.0 Å². The maximum absolute atomic E-state index is 5.85. The van der Waals surface area contributed by atoms with Gasteiger partial charge in [-0.3, -0.25) is 0 Å². The van der Waals surface area contributed by atoms with Crippen LogP contribution >= 0.6 is 0 Å². The predicted molar refractivity (Wildman–Crippen MR) is 36.3 cm³/mol. The maximum atomic E-state index is 5.85. The molecular formula is C7H10N2O. The molecule has 10 heavy (non-hydrogen) atoms. The largest absolute Gasteiger partial charge is 0.444 e. The number of aromatic nitrogens is 1. The third kappa shape index (κ3) is 0.743. The summed E-state index contributed by atoms with van der Waals surface area (Å²) in [5.41, 5.74) is 5.68. The molecule has 1 saturated carbocycles. The van der Waals surface area contributed by atoms with Crippen LogP contribution in [0.4, 0.5) is 0 Å². The second-order valence-corrected chi connectivity index (χ2v) is 2.90. The molecule has 2 rings (SSSR count). The molecule has 0 amide bonds. The first-order valence-electron chi connectivity index (χ1n) is 3.42. The molecule has 0 aliphatic heterocycles. The highest BCUT2D eigenvalue weighted by atomic mass is 16.4. The zero-order chi connectivity index (χ0) is 7.19. The smallest absolute Gasteiger partial charge is 0.191 e.